The molecule has 2 fully saturated rings. The lowest BCUT2D eigenvalue weighted by molar-refractivity contribution is -0.117. The number of carbonyl (C=O) groups excluding carboxylic acids is 1. The molecule has 26 heavy (non-hydrogen) atoms. The number of ketones is 1. The van der Waals surface area contributed by atoms with Gasteiger partial charge in [0.1, 0.15) is 0 Å². The quantitative estimate of drug-likeness (QED) is 0.661. The molecule has 2 saturated carbocycles. The minimum atomic E-state index is 0.273. The molecule has 0 bridgehead atoms. The molecule has 0 N–H and O–H groups in total. The zero-order chi connectivity index (χ0) is 17.9. The molecule has 0 saturated heterocycles. The highest BCUT2D eigenvalue weighted by Gasteiger charge is 2.57. The molecule has 2 heteroatoms. The summed E-state index contributed by atoms with van der Waals surface area (Å²) < 4.78 is 0. The van der Waals surface area contributed by atoms with Crippen molar-refractivity contribution in [3.05, 3.63) is 47.8 Å². The average molecular weight is 348 g/mol. The topological polar surface area (TPSA) is 30.0 Å². The van der Waals surface area contributed by atoms with Crippen LogP contribution < -0.4 is 0 Å². The SMILES string of the molecule is C[C@]12CCC(=O)C=C1CC[C@@H]1[C@@H]2CC[C@]2(C)C(c3cccnc3)=CC[C@@H]12. The highest BCUT2D eigenvalue weighted by Crippen LogP contribution is 2.66. The van der Waals surface area contributed by atoms with E-state index < -0.39 is 0 Å². The third kappa shape index (κ3) is 2.17. The van der Waals surface area contributed by atoms with Gasteiger partial charge in [-0.15, -0.1) is 0 Å². The summed E-state index contributed by atoms with van der Waals surface area (Å²) in [5, 5.41) is 0. The van der Waals surface area contributed by atoms with Gasteiger partial charge in [-0.25, -0.2) is 0 Å². The predicted octanol–water partition coefficient (Wildman–Crippen LogP) is 5.61. The zero-order valence-corrected chi connectivity index (χ0v) is 16.0. The molecule has 4 aliphatic rings. The third-order valence-corrected chi connectivity index (χ3v) is 8.52. The first kappa shape index (κ1) is 16.5. The monoisotopic (exact) mass is 347 g/mol. The van der Waals surface area contributed by atoms with Gasteiger partial charge < -0.3 is 0 Å². The molecule has 0 radical (unpaired) electrons. The van der Waals surface area contributed by atoms with Crippen LogP contribution in [0.25, 0.3) is 5.57 Å². The van der Waals surface area contributed by atoms with Crippen molar-refractivity contribution in [3.63, 3.8) is 0 Å². The van der Waals surface area contributed by atoms with E-state index in [1.54, 1.807) is 5.57 Å². The summed E-state index contributed by atoms with van der Waals surface area (Å²) in [6, 6.07) is 4.30. The van der Waals surface area contributed by atoms with Gasteiger partial charge >= 0.3 is 0 Å². The Morgan fingerprint density at radius 1 is 1.08 bits per heavy atom. The number of pyridine rings is 1. The Labute approximate surface area is 156 Å². The van der Waals surface area contributed by atoms with E-state index in [0.717, 1.165) is 37.0 Å². The molecule has 4 aliphatic carbocycles. The standard InChI is InChI=1S/C24H29NO/c1-23-11-9-18(26)14-17(23)5-6-19-21-8-7-20(16-4-3-13-25-15-16)24(21,2)12-10-22(19)23/h3-4,7,13-15,19,21-22H,5-6,8-12H2,1-2H3/t19-,21-,22-,23-,24+/m0/s1. The van der Waals surface area contributed by atoms with E-state index in [9.17, 15) is 4.79 Å². The summed E-state index contributed by atoms with van der Waals surface area (Å²) in [4.78, 5) is 16.3. The van der Waals surface area contributed by atoms with Crippen molar-refractivity contribution in [2.75, 3.05) is 0 Å². The molecule has 136 valence electrons. The number of carbonyl (C=O) groups is 1. The van der Waals surface area contributed by atoms with Crippen LogP contribution in [0.15, 0.2) is 42.3 Å². The van der Waals surface area contributed by atoms with Crippen molar-refractivity contribution in [2.24, 2.45) is 28.6 Å². The molecular weight excluding hydrogens is 318 g/mol. The van der Waals surface area contributed by atoms with Crippen molar-refractivity contribution in [1.82, 2.24) is 4.98 Å². The highest BCUT2D eigenvalue weighted by atomic mass is 16.1. The van der Waals surface area contributed by atoms with Crippen LogP contribution in [0, 0.1) is 28.6 Å². The molecule has 1 heterocycles. The summed E-state index contributed by atoms with van der Waals surface area (Å²) in [7, 11) is 0. The smallest absolute Gasteiger partial charge is 0.155 e. The number of rotatable bonds is 1. The number of fused-ring (bicyclic) bond motifs is 5. The second-order valence-corrected chi connectivity index (χ2v) is 9.52. The molecule has 1 aromatic heterocycles. The summed E-state index contributed by atoms with van der Waals surface area (Å²) in [5.41, 5.74) is 4.90. The number of aromatic nitrogens is 1. The lowest BCUT2D eigenvalue weighted by Gasteiger charge is -2.57. The molecule has 0 amide bonds. The summed E-state index contributed by atoms with van der Waals surface area (Å²) in [6.45, 7) is 4.98. The Balaban J connectivity index is 1.48. The number of hydrogen-bond donors (Lipinski definition) is 0. The Kier molecular flexibility index (Phi) is 3.58. The highest BCUT2D eigenvalue weighted by molar-refractivity contribution is 5.91. The molecule has 0 aliphatic heterocycles. The van der Waals surface area contributed by atoms with Gasteiger partial charge in [0.05, 0.1) is 0 Å². The number of allylic oxidation sites excluding steroid dienone is 4. The van der Waals surface area contributed by atoms with Crippen molar-refractivity contribution in [1.29, 1.82) is 0 Å². The molecule has 0 aromatic carbocycles. The first-order valence-corrected chi connectivity index (χ1v) is 10.4. The first-order chi connectivity index (χ1) is 12.5. The zero-order valence-electron chi connectivity index (χ0n) is 16.0. The largest absolute Gasteiger partial charge is 0.295 e. The van der Waals surface area contributed by atoms with Crippen LogP contribution in [0.3, 0.4) is 0 Å². The van der Waals surface area contributed by atoms with Crippen LogP contribution >= 0.6 is 0 Å². The maximum absolute atomic E-state index is 12.0. The Hall–Kier alpha value is -1.70. The second kappa shape index (κ2) is 5.65. The van der Waals surface area contributed by atoms with Crippen LogP contribution in [-0.4, -0.2) is 10.8 Å². The minimum absolute atomic E-state index is 0.273. The van der Waals surface area contributed by atoms with Gasteiger partial charge in [-0.3, -0.25) is 9.78 Å². The van der Waals surface area contributed by atoms with Crippen molar-refractivity contribution < 1.29 is 4.79 Å². The molecule has 5 rings (SSSR count). The van der Waals surface area contributed by atoms with Crippen molar-refractivity contribution in [3.8, 4) is 0 Å². The van der Waals surface area contributed by atoms with Gasteiger partial charge in [-0.2, -0.15) is 0 Å². The molecule has 0 unspecified atom stereocenters. The molecule has 5 atom stereocenters. The van der Waals surface area contributed by atoms with Crippen LogP contribution in [-0.2, 0) is 4.79 Å². The second-order valence-electron chi connectivity index (χ2n) is 9.52. The molecule has 1 aromatic rings. The van der Waals surface area contributed by atoms with Gasteiger partial charge in [-0.05, 0) is 90.4 Å². The van der Waals surface area contributed by atoms with Crippen LogP contribution in [0.2, 0.25) is 0 Å². The molecule has 2 nitrogen and oxygen atoms in total. The summed E-state index contributed by atoms with van der Waals surface area (Å²) in [6.07, 6.45) is 16.5. The first-order valence-electron chi connectivity index (χ1n) is 10.4. The average Bonchev–Trinajstić information content (AvgIpc) is 3.00. The number of hydrogen-bond acceptors (Lipinski definition) is 2. The van der Waals surface area contributed by atoms with E-state index >= 15 is 0 Å². The minimum Gasteiger partial charge on any atom is -0.295 e. The van der Waals surface area contributed by atoms with E-state index in [1.807, 2.05) is 18.5 Å². The van der Waals surface area contributed by atoms with Crippen LogP contribution in [0.4, 0.5) is 0 Å². The fourth-order valence-electron chi connectivity index (χ4n) is 7.10. The van der Waals surface area contributed by atoms with Gasteiger partial charge in [0, 0.05) is 18.8 Å². The van der Waals surface area contributed by atoms with E-state index in [1.165, 1.54) is 36.8 Å². The van der Waals surface area contributed by atoms with E-state index in [-0.39, 0.29) is 5.41 Å². The van der Waals surface area contributed by atoms with E-state index in [4.69, 9.17) is 0 Å². The summed E-state index contributed by atoms with van der Waals surface area (Å²) in [5.74, 6) is 2.68. The predicted molar refractivity (Wildman–Crippen MR) is 104 cm³/mol. The van der Waals surface area contributed by atoms with Gasteiger partial charge in [-0.1, -0.05) is 31.6 Å². The fourth-order valence-corrected chi connectivity index (χ4v) is 7.10. The van der Waals surface area contributed by atoms with Crippen molar-refractivity contribution >= 4 is 11.4 Å². The Morgan fingerprint density at radius 2 is 1.96 bits per heavy atom. The Bertz CT molecular complexity index is 807. The Morgan fingerprint density at radius 3 is 2.77 bits per heavy atom. The lowest BCUT2D eigenvalue weighted by Crippen LogP contribution is -2.49. The van der Waals surface area contributed by atoms with Crippen molar-refractivity contribution in [2.45, 2.75) is 58.8 Å². The normalized spacial score (nSPS) is 41.6. The maximum atomic E-state index is 12.0. The lowest BCUT2D eigenvalue weighted by atomic mass is 9.46. The molecular formula is C24H29NO. The fraction of sp³-hybridized carbons (Fsp3) is 0.583. The van der Waals surface area contributed by atoms with E-state index in [2.05, 4.69) is 37.0 Å². The third-order valence-electron chi connectivity index (χ3n) is 8.52. The van der Waals surface area contributed by atoms with Crippen LogP contribution in [0.1, 0.15) is 64.4 Å². The summed E-state index contributed by atoms with van der Waals surface area (Å²) >= 11 is 0. The number of nitrogens with zero attached hydrogens (tertiary/aromatic N) is 1. The van der Waals surface area contributed by atoms with Gasteiger partial charge in [0.15, 0.2) is 5.78 Å². The van der Waals surface area contributed by atoms with Gasteiger partial charge in [0.2, 0.25) is 0 Å². The molecule has 0 spiro atoms. The maximum Gasteiger partial charge on any atom is 0.155 e. The van der Waals surface area contributed by atoms with Gasteiger partial charge in [0.25, 0.3) is 0 Å². The van der Waals surface area contributed by atoms with E-state index in [0.29, 0.717) is 11.2 Å². The van der Waals surface area contributed by atoms with Crippen LogP contribution in [0.5, 0.6) is 0 Å².